The first-order valence-electron chi connectivity index (χ1n) is 8.41. The van der Waals surface area contributed by atoms with Crippen molar-refractivity contribution in [2.75, 3.05) is 0 Å². The molecular weight excluding hydrogens is 332 g/mol. The van der Waals surface area contributed by atoms with E-state index in [9.17, 15) is 4.79 Å². The normalized spacial score (nSPS) is 19.4. The van der Waals surface area contributed by atoms with E-state index in [1.807, 2.05) is 24.7 Å². The molecule has 1 aliphatic rings. The Labute approximate surface area is 150 Å². The molecule has 128 valence electrons. The fourth-order valence-electron chi connectivity index (χ4n) is 3.53. The van der Waals surface area contributed by atoms with E-state index in [1.54, 1.807) is 10.9 Å². The first kappa shape index (κ1) is 16.0. The summed E-state index contributed by atoms with van der Waals surface area (Å²) in [6.07, 6.45) is 6.75. The van der Waals surface area contributed by atoms with Crippen molar-refractivity contribution in [3.63, 3.8) is 0 Å². The van der Waals surface area contributed by atoms with Crippen molar-refractivity contribution < 1.29 is 4.79 Å². The molecule has 6 heteroatoms. The van der Waals surface area contributed by atoms with Gasteiger partial charge in [-0.15, -0.1) is 11.3 Å². The number of hydrogen-bond donors (Lipinski definition) is 1. The summed E-state index contributed by atoms with van der Waals surface area (Å²) in [6, 6.07) is 8.38. The van der Waals surface area contributed by atoms with Crippen molar-refractivity contribution in [2.24, 2.45) is 7.05 Å². The molecule has 1 atom stereocenters. The first-order valence-corrected chi connectivity index (χ1v) is 9.28. The fraction of sp³-hybridized carbons (Fsp3) is 0.316. The molecule has 0 bridgehead atoms. The Kier molecular flexibility index (Phi) is 3.92. The number of carbonyl (C=O) groups is 1. The van der Waals surface area contributed by atoms with Crippen LogP contribution in [0.5, 0.6) is 0 Å². The van der Waals surface area contributed by atoms with Crippen LogP contribution in [0.4, 0.5) is 0 Å². The van der Waals surface area contributed by atoms with Crippen LogP contribution in [0.1, 0.15) is 41.4 Å². The molecule has 0 fully saturated rings. The average molecular weight is 352 g/mol. The Bertz CT molecular complexity index is 929. The van der Waals surface area contributed by atoms with Gasteiger partial charge in [0.1, 0.15) is 10.7 Å². The summed E-state index contributed by atoms with van der Waals surface area (Å²) in [5.74, 6) is -0.120. The van der Waals surface area contributed by atoms with Crippen LogP contribution in [0.3, 0.4) is 0 Å². The number of aryl methyl sites for hydroxylation is 2. The van der Waals surface area contributed by atoms with Crippen molar-refractivity contribution in [2.45, 2.75) is 31.7 Å². The smallest absolute Gasteiger partial charge is 0.271 e. The van der Waals surface area contributed by atoms with E-state index in [2.05, 4.69) is 40.5 Å². The van der Waals surface area contributed by atoms with Gasteiger partial charge in [-0.3, -0.25) is 9.48 Å². The molecule has 2 aromatic heterocycles. The van der Waals surface area contributed by atoms with Gasteiger partial charge in [-0.25, -0.2) is 4.98 Å². The van der Waals surface area contributed by atoms with E-state index in [-0.39, 0.29) is 11.4 Å². The molecule has 1 N–H and O–H groups in total. The summed E-state index contributed by atoms with van der Waals surface area (Å²) < 4.78 is 1.73. The standard InChI is InChI=1S/C19H20N4OS/c1-19(9-5-7-13-6-3-4-8-15(13)19)22-17(24)16-12-25-18(21-16)14-10-20-23(2)11-14/h3-4,6,8,10-12H,5,7,9H2,1-2H3,(H,22,24). The van der Waals surface area contributed by atoms with Crippen LogP contribution in [0, 0.1) is 0 Å². The third-order valence-corrected chi connectivity index (χ3v) is 5.70. The van der Waals surface area contributed by atoms with Crippen LogP contribution in [-0.4, -0.2) is 20.7 Å². The topological polar surface area (TPSA) is 59.8 Å². The average Bonchev–Trinajstić information content (AvgIpc) is 3.24. The maximum Gasteiger partial charge on any atom is 0.271 e. The number of thiazole rings is 1. The van der Waals surface area contributed by atoms with Crippen molar-refractivity contribution in [3.8, 4) is 10.6 Å². The van der Waals surface area contributed by atoms with Crippen molar-refractivity contribution in [3.05, 3.63) is 58.9 Å². The van der Waals surface area contributed by atoms with Gasteiger partial charge in [0.15, 0.2) is 0 Å². The molecule has 2 heterocycles. The van der Waals surface area contributed by atoms with Gasteiger partial charge in [0, 0.05) is 24.2 Å². The molecule has 0 aliphatic heterocycles. The van der Waals surface area contributed by atoms with E-state index in [1.165, 1.54) is 22.5 Å². The van der Waals surface area contributed by atoms with Crippen LogP contribution in [0.25, 0.3) is 10.6 Å². The summed E-state index contributed by atoms with van der Waals surface area (Å²) in [7, 11) is 1.87. The number of aromatic nitrogens is 3. The molecule has 0 saturated carbocycles. The highest BCUT2D eigenvalue weighted by molar-refractivity contribution is 7.13. The highest BCUT2D eigenvalue weighted by atomic mass is 32.1. The Morgan fingerprint density at radius 1 is 1.36 bits per heavy atom. The Hall–Kier alpha value is -2.47. The van der Waals surface area contributed by atoms with Crippen LogP contribution in [-0.2, 0) is 19.0 Å². The third-order valence-electron chi connectivity index (χ3n) is 4.81. The van der Waals surface area contributed by atoms with Gasteiger partial charge in [-0.2, -0.15) is 5.10 Å². The number of fused-ring (bicyclic) bond motifs is 1. The molecule has 25 heavy (non-hydrogen) atoms. The molecule has 4 rings (SSSR count). The Balaban J connectivity index is 1.58. The van der Waals surface area contributed by atoms with Crippen molar-refractivity contribution in [1.29, 1.82) is 0 Å². The lowest BCUT2D eigenvalue weighted by atomic mass is 9.77. The summed E-state index contributed by atoms with van der Waals surface area (Å²) >= 11 is 1.47. The van der Waals surface area contributed by atoms with Crippen LogP contribution < -0.4 is 5.32 Å². The summed E-state index contributed by atoms with van der Waals surface area (Å²) in [5.41, 5.74) is 3.60. The van der Waals surface area contributed by atoms with Crippen molar-refractivity contribution >= 4 is 17.2 Å². The monoisotopic (exact) mass is 352 g/mol. The lowest BCUT2D eigenvalue weighted by Crippen LogP contribution is -2.45. The van der Waals surface area contributed by atoms with Crippen LogP contribution in [0.15, 0.2) is 42.0 Å². The second-order valence-electron chi connectivity index (χ2n) is 6.74. The number of nitrogens with zero attached hydrogens (tertiary/aromatic N) is 3. The minimum absolute atomic E-state index is 0.120. The van der Waals surface area contributed by atoms with E-state index >= 15 is 0 Å². The second-order valence-corrected chi connectivity index (χ2v) is 7.60. The number of amides is 1. The van der Waals surface area contributed by atoms with Gasteiger partial charge in [-0.05, 0) is 37.3 Å². The molecule has 1 aromatic carbocycles. The molecule has 0 saturated heterocycles. The lowest BCUT2D eigenvalue weighted by Gasteiger charge is -2.36. The zero-order valence-electron chi connectivity index (χ0n) is 14.3. The lowest BCUT2D eigenvalue weighted by molar-refractivity contribution is 0.0890. The maximum atomic E-state index is 12.8. The zero-order valence-corrected chi connectivity index (χ0v) is 15.1. The predicted molar refractivity (Wildman–Crippen MR) is 98.5 cm³/mol. The summed E-state index contributed by atoms with van der Waals surface area (Å²) in [4.78, 5) is 17.3. The fourth-order valence-corrected chi connectivity index (χ4v) is 4.31. The number of hydrogen-bond acceptors (Lipinski definition) is 4. The molecule has 0 spiro atoms. The van der Waals surface area contributed by atoms with E-state index < -0.39 is 0 Å². The zero-order chi connectivity index (χ0) is 17.4. The first-order chi connectivity index (χ1) is 12.0. The largest absolute Gasteiger partial charge is 0.341 e. The molecule has 1 unspecified atom stereocenters. The van der Waals surface area contributed by atoms with Gasteiger partial charge in [0.2, 0.25) is 0 Å². The SMILES string of the molecule is Cn1cc(-c2nc(C(=O)NC3(C)CCCc4ccccc43)cs2)cn1. The Morgan fingerprint density at radius 2 is 2.20 bits per heavy atom. The quantitative estimate of drug-likeness (QED) is 0.784. The Morgan fingerprint density at radius 3 is 3.00 bits per heavy atom. The van der Waals surface area contributed by atoms with Gasteiger partial charge in [-0.1, -0.05) is 24.3 Å². The summed E-state index contributed by atoms with van der Waals surface area (Å²) in [6.45, 7) is 2.11. The number of rotatable bonds is 3. The van der Waals surface area contributed by atoms with E-state index in [0.717, 1.165) is 29.8 Å². The van der Waals surface area contributed by atoms with Gasteiger partial charge in [0.05, 0.1) is 11.7 Å². The molecule has 0 radical (unpaired) electrons. The second kappa shape index (κ2) is 6.11. The van der Waals surface area contributed by atoms with Crippen molar-refractivity contribution in [1.82, 2.24) is 20.1 Å². The molecule has 1 aliphatic carbocycles. The number of nitrogens with one attached hydrogen (secondary N) is 1. The van der Waals surface area contributed by atoms with Crippen LogP contribution >= 0.6 is 11.3 Å². The molecular formula is C19H20N4OS. The highest BCUT2D eigenvalue weighted by Crippen LogP contribution is 2.35. The molecule has 3 aromatic rings. The molecule has 5 nitrogen and oxygen atoms in total. The van der Waals surface area contributed by atoms with Gasteiger partial charge < -0.3 is 5.32 Å². The maximum absolute atomic E-state index is 12.8. The highest BCUT2D eigenvalue weighted by Gasteiger charge is 2.33. The molecule has 1 amide bonds. The third kappa shape index (κ3) is 2.98. The van der Waals surface area contributed by atoms with Gasteiger partial charge >= 0.3 is 0 Å². The number of benzene rings is 1. The van der Waals surface area contributed by atoms with E-state index in [0.29, 0.717) is 5.69 Å². The minimum Gasteiger partial charge on any atom is -0.341 e. The summed E-state index contributed by atoms with van der Waals surface area (Å²) in [5, 5.41) is 10.0. The van der Waals surface area contributed by atoms with Gasteiger partial charge in [0.25, 0.3) is 5.91 Å². The van der Waals surface area contributed by atoms with E-state index in [4.69, 9.17) is 0 Å². The minimum atomic E-state index is -0.343. The van der Waals surface area contributed by atoms with Crippen LogP contribution in [0.2, 0.25) is 0 Å². The predicted octanol–water partition coefficient (Wildman–Crippen LogP) is 3.53. The number of carbonyl (C=O) groups excluding carboxylic acids is 1.